The van der Waals surface area contributed by atoms with Gasteiger partial charge in [0.2, 0.25) is 5.91 Å². The number of benzene rings is 2. The average Bonchev–Trinajstić information content (AvgIpc) is 2.86. The molecule has 0 fully saturated rings. The van der Waals surface area contributed by atoms with E-state index in [1.165, 1.54) is 0 Å². The van der Waals surface area contributed by atoms with Crippen molar-refractivity contribution >= 4 is 16.8 Å². The number of rotatable bonds is 3. The number of hydrogen-bond acceptors (Lipinski definition) is 2. The summed E-state index contributed by atoms with van der Waals surface area (Å²) in [5.74, 6) is -0.785. The number of fused-ring (bicyclic) bond motifs is 1. The molecule has 20 heavy (non-hydrogen) atoms. The molecule has 3 aromatic rings. The maximum atomic E-state index is 11.9. The van der Waals surface area contributed by atoms with Gasteiger partial charge in [0.1, 0.15) is 0 Å². The number of H-pyrrole nitrogens is 1. The fraction of sp³-hybridized carbons (Fsp3) is 0.125. The Hall–Kier alpha value is -2.62. The number of aromatic nitrogens is 2. The number of hydrogen-bond donors (Lipinski definition) is 2. The number of nitrogens with two attached hydrogens (primary N) is 1. The van der Waals surface area contributed by atoms with Crippen LogP contribution in [0.2, 0.25) is 0 Å². The van der Waals surface area contributed by atoms with Crippen LogP contribution in [0.4, 0.5) is 0 Å². The van der Waals surface area contributed by atoms with E-state index in [4.69, 9.17) is 5.73 Å². The van der Waals surface area contributed by atoms with Crippen molar-refractivity contribution in [3.05, 3.63) is 65.4 Å². The molecule has 0 saturated heterocycles. The summed E-state index contributed by atoms with van der Waals surface area (Å²) in [5.41, 5.74) is 9.47. The van der Waals surface area contributed by atoms with Gasteiger partial charge in [-0.3, -0.25) is 9.89 Å². The topological polar surface area (TPSA) is 71.8 Å². The summed E-state index contributed by atoms with van der Waals surface area (Å²) in [6.45, 7) is 2.00. The van der Waals surface area contributed by atoms with E-state index in [2.05, 4.69) is 10.2 Å². The molecule has 0 spiro atoms. The molecule has 0 saturated carbocycles. The Morgan fingerprint density at radius 2 is 2.00 bits per heavy atom. The number of aromatic amines is 1. The highest BCUT2D eigenvalue weighted by Crippen LogP contribution is 2.27. The smallest absolute Gasteiger partial charge is 0.229 e. The Kier molecular flexibility index (Phi) is 2.99. The summed E-state index contributed by atoms with van der Waals surface area (Å²) in [5, 5.41) is 7.86. The van der Waals surface area contributed by atoms with Gasteiger partial charge < -0.3 is 5.73 Å². The Morgan fingerprint density at radius 1 is 1.20 bits per heavy atom. The molecule has 2 aromatic carbocycles. The molecule has 0 aliphatic rings. The van der Waals surface area contributed by atoms with Crippen molar-refractivity contribution in [2.24, 2.45) is 5.73 Å². The number of carbonyl (C=O) groups is 1. The van der Waals surface area contributed by atoms with Crippen molar-refractivity contribution in [2.45, 2.75) is 12.8 Å². The van der Waals surface area contributed by atoms with Crippen molar-refractivity contribution in [1.29, 1.82) is 0 Å². The highest BCUT2D eigenvalue weighted by atomic mass is 16.1. The van der Waals surface area contributed by atoms with E-state index in [9.17, 15) is 4.79 Å². The molecular weight excluding hydrogens is 250 g/mol. The predicted octanol–water partition coefficient (Wildman–Crippen LogP) is 2.49. The molecule has 0 aliphatic heterocycles. The van der Waals surface area contributed by atoms with Crippen LogP contribution in [-0.2, 0) is 4.79 Å². The number of primary amides is 1. The van der Waals surface area contributed by atoms with Crippen LogP contribution in [0.25, 0.3) is 10.9 Å². The molecule has 0 aliphatic carbocycles. The lowest BCUT2D eigenvalue weighted by Gasteiger charge is -2.15. The standard InChI is InChI=1S/C16H15N3O/c1-10-3-2-4-11(7-10)15(16(17)20)12-5-6-14-13(8-12)9-18-19-14/h2-9,15H,1H3,(H2,17,20)(H,18,19). The van der Waals surface area contributed by atoms with E-state index in [0.29, 0.717) is 0 Å². The Balaban J connectivity index is 2.12. The predicted molar refractivity (Wildman–Crippen MR) is 78.3 cm³/mol. The van der Waals surface area contributed by atoms with Gasteiger partial charge >= 0.3 is 0 Å². The fourth-order valence-electron chi connectivity index (χ4n) is 2.51. The largest absolute Gasteiger partial charge is 0.369 e. The van der Waals surface area contributed by atoms with E-state index in [1.54, 1.807) is 6.20 Å². The molecule has 0 radical (unpaired) electrons. The van der Waals surface area contributed by atoms with E-state index in [-0.39, 0.29) is 5.91 Å². The third kappa shape index (κ3) is 2.16. The molecule has 4 heteroatoms. The summed E-state index contributed by atoms with van der Waals surface area (Å²) in [7, 11) is 0. The monoisotopic (exact) mass is 265 g/mol. The van der Waals surface area contributed by atoms with E-state index in [1.807, 2.05) is 49.4 Å². The summed E-state index contributed by atoms with van der Waals surface area (Å²) >= 11 is 0. The second kappa shape index (κ2) is 4.81. The highest BCUT2D eigenvalue weighted by molar-refractivity contribution is 5.88. The minimum absolute atomic E-state index is 0.349. The van der Waals surface area contributed by atoms with Crippen molar-refractivity contribution in [1.82, 2.24) is 10.2 Å². The first-order valence-corrected chi connectivity index (χ1v) is 6.44. The zero-order valence-electron chi connectivity index (χ0n) is 11.1. The molecule has 100 valence electrons. The molecule has 1 unspecified atom stereocenters. The van der Waals surface area contributed by atoms with Crippen LogP contribution < -0.4 is 5.73 Å². The van der Waals surface area contributed by atoms with Crippen LogP contribution in [-0.4, -0.2) is 16.1 Å². The van der Waals surface area contributed by atoms with Crippen molar-refractivity contribution in [3.8, 4) is 0 Å². The minimum atomic E-state index is -0.436. The van der Waals surface area contributed by atoms with Gasteiger partial charge in [0, 0.05) is 5.39 Å². The highest BCUT2D eigenvalue weighted by Gasteiger charge is 2.20. The first kappa shape index (κ1) is 12.4. The summed E-state index contributed by atoms with van der Waals surface area (Å²) in [6, 6.07) is 13.7. The number of aryl methyl sites for hydroxylation is 1. The van der Waals surface area contributed by atoms with Crippen molar-refractivity contribution in [3.63, 3.8) is 0 Å². The lowest BCUT2D eigenvalue weighted by atomic mass is 9.89. The minimum Gasteiger partial charge on any atom is -0.369 e. The van der Waals surface area contributed by atoms with Gasteiger partial charge in [-0.05, 0) is 30.2 Å². The molecule has 3 rings (SSSR count). The number of amides is 1. The van der Waals surface area contributed by atoms with Crippen LogP contribution in [0.3, 0.4) is 0 Å². The van der Waals surface area contributed by atoms with Gasteiger partial charge in [-0.2, -0.15) is 5.10 Å². The number of nitrogens with zero attached hydrogens (tertiary/aromatic N) is 1. The van der Waals surface area contributed by atoms with Crippen LogP contribution in [0.1, 0.15) is 22.6 Å². The number of nitrogens with one attached hydrogen (secondary N) is 1. The lowest BCUT2D eigenvalue weighted by Crippen LogP contribution is -2.22. The number of carbonyl (C=O) groups excluding carboxylic acids is 1. The van der Waals surface area contributed by atoms with E-state index >= 15 is 0 Å². The second-order valence-corrected chi connectivity index (χ2v) is 4.97. The molecule has 1 aromatic heterocycles. The SMILES string of the molecule is Cc1cccc(C(C(N)=O)c2ccc3[nH]ncc3c2)c1. The second-order valence-electron chi connectivity index (χ2n) is 4.97. The van der Waals surface area contributed by atoms with Gasteiger partial charge in [-0.25, -0.2) is 0 Å². The normalized spacial score (nSPS) is 12.4. The molecule has 4 nitrogen and oxygen atoms in total. The molecule has 1 atom stereocenters. The van der Waals surface area contributed by atoms with Crippen LogP contribution >= 0.6 is 0 Å². The summed E-state index contributed by atoms with van der Waals surface area (Å²) in [6.07, 6.45) is 1.74. The average molecular weight is 265 g/mol. The molecular formula is C16H15N3O. The molecule has 0 bridgehead atoms. The fourth-order valence-corrected chi connectivity index (χ4v) is 2.51. The van der Waals surface area contributed by atoms with Gasteiger partial charge in [-0.15, -0.1) is 0 Å². The maximum absolute atomic E-state index is 11.9. The third-order valence-electron chi connectivity index (χ3n) is 3.46. The Labute approximate surface area is 116 Å². The molecule has 3 N–H and O–H groups in total. The zero-order chi connectivity index (χ0) is 14.1. The first-order chi connectivity index (χ1) is 9.65. The summed E-state index contributed by atoms with van der Waals surface area (Å²) < 4.78 is 0. The van der Waals surface area contributed by atoms with Gasteiger partial charge in [0.15, 0.2) is 0 Å². The lowest BCUT2D eigenvalue weighted by molar-refractivity contribution is -0.118. The quantitative estimate of drug-likeness (QED) is 0.763. The van der Waals surface area contributed by atoms with Gasteiger partial charge in [0.05, 0.1) is 17.6 Å². The van der Waals surface area contributed by atoms with Crippen molar-refractivity contribution in [2.75, 3.05) is 0 Å². The van der Waals surface area contributed by atoms with Crippen LogP contribution in [0, 0.1) is 6.92 Å². The van der Waals surface area contributed by atoms with E-state index < -0.39 is 5.92 Å². The zero-order valence-corrected chi connectivity index (χ0v) is 11.1. The Morgan fingerprint density at radius 3 is 2.75 bits per heavy atom. The van der Waals surface area contributed by atoms with Crippen LogP contribution in [0.5, 0.6) is 0 Å². The first-order valence-electron chi connectivity index (χ1n) is 6.44. The molecule has 1 heterocycles. The van der Waals surface area contributed by atoms with E-state index in [0.717, 1.165) is 27.6 Å². The summed E-state index contributed by atoms with van der Waals surface area (Å²) in [4.78, 5) is 11.9. The maximum Gasteiger partial charge on any atom is 0.229 e. The van der Waals surface area contributed by atoms with Crippen LogP contribution in [0.15, 0.2) is 48.7 Å². The van der Waals surface area contributed by atoms with Crippen molar-refractivity contribution < 1.29 is 4.79 Å². The molecule has 1 amide bonds. The third-order valence-corrected chi connectivity index (χ3v) is 3.46. The Bertz CT molecular complexity index is 776. The van der Waals surface area contributed by atoms with Gasteiger partial charge in [-0.1, -0.05) is 35.9 Å². The van der Waals surface area contributed by atoms with Gasteiger partial charge in [0.25, 0.3) is 0 Å².